The van der Waals surface area contributed by atoms with Crippen LogP contribution in [-0.2, 0) is 10.5 Å². The average Bonchev–Trinajstić information content (AvgIpc) is 3.09. The summed E-state index contributed by atoms with van der Waals surface area (Å²) >= 11 is 1.25. The zero-order chi connectivity index (χ0) is 16.9. The Bertz CT molecular complexity index is 765. The molecule has 0 aliphatic carbocycles. The summed E-state index contributed by atoms with van der Waals surface area (Å²) in [7, 11) is 0. The third-order valence-corrected chi connectivity index (χ3v) is 4.68. The molecule has 0 N–H and O–H groups in total. The van der Waals surface area contributed by atoms with Gasteiger partial charge in [0.15, 0.2) is 11.6 Å². The van der Waals surface area contributed by atoms with Gasteiger partial charge in [-0.25, -0.2) is 13.8 Å². The number of amides is 1. The van der Waals surface area contributed by atoms with E-state index in [1.165, 1.54) is 28.9 Å². The zero-order valence-corrected chi connectivity index (χ0v) is 13.7. The summed E-state index contributed by atoms with van der Waals surface area (Å²) in [5, 5.41) is 5.82. The molecule has 0 aromatic heterocycles. The van der Waals surface area contributed by atoms with Crippen molar-refractivity contribution < 1.29 is 13.6 Å². The molecule has 0 unspecified atom stereocenters. The van der Waals surface area contributed by atoms with Crippen LogP contribution in [0.4, 0.5) is 8.78 Å². The predicted molar refractivity (Wildman–Crippen MR) is 91.8 cm³/mol. The van der Waals surface area contributed by atoms with E-state index in [1.54, 1.807) is 0 Å². The first-order valence-corrected chi connectivity index (χ1v) is 8.74. The van der Waals surface area contributed by atoms with Gasteiger partial charge in [-0.15, -0.1) is 11.8 Å². The van der Waals surface area contributed by atoms with Gasteiger partial charge in [-0.2, -0.15) is 5.10 Å². The van der Waals surface area contributed by atoms with Crippen LogP contribution in [0.25, 0.3) is 0 Å². The van der Waals surface area contributed by atoms with Crippen molar-refractivity contribution in [1.29, 1.82) is 0 Å². The lowest BCUT2D eigenvalue weighted by atomic mass is 10.1. The molecule has 0 bridgehead atoms. The standard InChI is InChI=1S/C18H16F2N2OS/c19-15-8-4-7-14(18(15)20)11-24-12-17(23)22-10-9-16(21-22)13-5-2-1-3-6-13/h1-8H,9-12H2. The molecule has 1 aliphatic heterocycles. The summed E-state index contributed by atoms with van der Waals surface area (Å²) < 4.78 is 26.7. The normalized spacial score (nSPS) is 13.9. The number of benzene rings is 2. The number of nitrogens with zero attached hydrogens (tertiary/aromatic N) is 2. The Morgan fingerprint density at radius 2 is 1.92 bits per heavy atom. The highest BCUT2D eigenvalue weighted by atomic mass is 32.2. The van der Waals surface area contributed by atoms with Gasteiger partial charge < -0.3 is 0 Å². The van der Waals surface area contributed by atoms with Crippen molar-refractivity contribution >= 4 is 23.4 Å². The summed E-state index contributed by atoms with van der Waals surface area (Å²) in [5.41, 5.74) is 2.18. The van der Waals surface area contributed by atoms with E-state index in [4.69, 9.17) is 0 Å². The SMILES string of the molecule is O=C(CSCc1cccc(F)c1F)N1CCC(c2ccccc2)=N1. The second kappa shape index (κ2) is 7.57. The fourth-order valence-corrected chi connectivity index (χ4v) is 3.32. The molecule has 0 saturated heterocycles. The Morgan fingerprint density at radius 3 is 2.71 bits per heavy atom. The first kappa shape index (κ1) is 16.6. The molecule has 3 rings (SSSR count). The highest BCUT2D eigenvalue weighted by Crippen LogP contribution is 2.19. The number of halogens is 2. The van der Waals surface area contributed by atoms with E-state index in [0.29, 0.717) is 6.54 Å². The molecule has 0 atom stereocenters. The first-order chi connectivity index (χ1) is 11.6. The van der Waals surface area contributed by atoms with E-state index >= 15 is 0 Å². The topological polar surface area (TPSA) is 32.7 Å². The average molecular weight is 346 g/mol. The van der Waals surface area contributed by atoms with Crippen LogP contribution >= 0.6 is 11.8 Å². The quantitative estimate of drug-likeness (QED) is 0.824. The van der Waals surface area contributed by atoms with Crippen LogP contribution in [0.15, 0.2) is 53.6 Å². The number of hydrogen-bond acceptors (Lipinski definition) is 3. The Morgan fingerprint density at radius 1 is 1.12 bits per heavy atom. The third-order valence-electron chi connectivity index (χ3n) is 3.71. The van der Waals surface area contributed by atoms with Crippen molar-refractivity contribution in [2.24, 2.45) is 5.10 Å². The highest BCUT2D eigenvalue weighted by molar-refractivity contribution is 7.99. The van der Waals surface area contributed by atoms with E-state index in [1.807, 2.05) is 30.3 Å². The minimum absolute atomic E-state index is 0.122. The molecule has 6 heteroatoms. The molecular weight excluding hydrogens is 330 g/mol. The van der Waals surface area contributed by atoms with Crippen LogP contribution in [0.1, 0.15) is 17.5 Å². The summed E-state index contributed by atoms with van der Waals surface area (Å²) in [4.78, 5) is 12.2. The zero-order valence-electron chi connectivity index (χ0n) is 12.9. The Hall–Kier alpha value is -2.21. The van der Waals surface area contributed by atoms with Gasteiger partial charge >= 0.3 is 0 Å². The van der Waals surface area contributed by atoms with Gasteiger partial charge in [-0.3, -0.25) is 4.79 Å². The van der Waals surface area contributed by atoms with Crippen molar-refractivity contribution in [3.8, 4) is 0 Å². The second-order valence-electron chi connectivity index (χ2n) is 5.39. The molecule has 1 aliphatic rings. The Kier molecular flexibility index (Phi) is 5.25. The number of rotatable bonds is 5. The lowest BCUT2D eigenvalue weighted by Crippen LogP contribution is -2.25. The van der Waals surface area contributed by atoms with E-state index in [9.17, 15) is 13.6 Å². The first-order valence-electron chi connectivity index (χ1n) is 7.59. The highest BCUT2D eigenvalue weighted by Gasteiger charge is 2.21. The van der Waals surface area contributed by atoms with Crippen molar-refractivity contribution in [3.63, 3.8) is 0 Å². The molecule has 24 heavy (non-hydrogen) atoms. The molecule has 2 aromatic carbocycles. The van der Waals surface area contributed by atoms with E-state index < -0.39 is 11.6 Å². The second-order valence-corrected chi connectivity index (χ2v) is 6.37. The molecule has 1 amide bonds. The van der Waals surface area contributed by atoms with Crippen LogP contribution in [0.2, 0.25) is 0 Å². The summed E-state index contributed by atoms with van der Waals surface area (Å²) in [6.45, 7) is 0.554. The minimum atomic E-state index is -0.865. The van der Waals surface area contributed by atoms with Gasteiger partial charge in [0.1, 0.15) is 0 Å². The number of thioether (sulfide) groups is 1. The maximum absolute atomic E-state index is 13.6. The maximum Gasteiger partial charge on any atom is 0.252 e. The molecule has 0 saturated carbocycles. The van der Waals surface area contributed by atoms with Crippen LogP contribution < -0.4 is 0 Å². The molecule has 3 nitrogen and oxygen atoms in total. The predicted octanol–water partition coefficient (Wildman–Crippen LogP) is 3.83. The summed E-state index contributed by atoms with van der Waals surface area (Å²) in [6.07, 6.45) is 0.721. The number of carbonyl (C=O) groups excluding carboxylic acids is 1. The van der Waals surface area contributed by atoms with Gasteiger partial charge in [-0.1, -0.05) is 42.5 Å². The summed E-state index contributed by atoms with van der Waals surface area (Å²) in [5.74, 6) is -1.40. The van der Waals surface area contributed by atoms with Crippen LogP contribution in [0, 0.1) is 11.6 Å². The Labute approximate surface area is 143 Å². The fraction of sp³-hybridized carbons (Fsp3) is 0.222. The third kappa shape index (κ3) is 3.82. The smallest absolute Gasteiger partial charge is 0.252 e. The fourth-order valence-electron chi connectivity index (χ4n) is 2.45. The van der Waals surface area contributed by atoms with Crippen LogP contribution in [-0.4, -0.2) is 28.9 Å². The van der Waals surface area contributed by atoms with Crippen molar-refractivity contribution in [2.45, 2.75) is 12.2 Å². The summed E-state index contributed by atoms with van der Waals surface area (Å²) in [6, 6.07) is 13.8. The maximum atomic E-state index is 13.6. The monoisotopic (exact) mass is 346 g/mol. The van der Waals surface area contributed by atoms with Crippen molar-refractivity contribution in [3.05, 3.63) is 71.3 Å². The largest absolute Gasteiger partial charge is 0.272 e. The number of hydrazone groups is 1. The van der Waals surface area contributed by atoms with Gasteiger partial charge in [0.2, 0.25) is 0 Å². The van der Waals surface area contributed by atoms with Gasteiger partial charge in [-0.05, 0) is 11.6 Å². The van der Waals surface area contributed by atoms with Gasteiger partial charge in [0.05, 0.1) is 18.0 Å². The number of carbonyl (C=O) groups is 1. The van der Waals surface area contributed by atoms with Gasteiger partial charge in [0.25, 0.3) is 5.91 Å². The van der Waals surface area contributed by atoms with Crippen LogP contribution in [0.3, 0.4) is 0 Å². The molecular formula is C18H16F2N2OS. The minimum Gasteiger partial charge on any atom is -0.272 e. The van der Waals surface area contributed by atoms with Crippen molar-refractivity contribution in [1.82, 2.24) is 5.01 Å². The molecule has 2 aromatic rings. The lowest BCUT2D eigenvalue weighted by molar-refractivity contribution is -0.127. The molecule has 0 radical (unpaired) electrons. The number of hydrogen-bond donors (Lipinski definition) is 0. The molecule has 0 fully saturated rings. The molecule has 0 spiro atoms. The van der Waals surface area contributed by atoms with E-state index in [0.717, 1.165) is 23.8 Å². The lowest BCUT2D eigenvalue weighted by Gasteiger charge is -2.11. The van der Waals surface area contributed by atoms with E-state index in [-0.39, 0.29) is 23.0 Å². The Balaban J connectivity index is 1.54. The molecule has 1 heterocycles. The van der Waals surface area contributed by atoms with Crippen LogP contribution in [0.5, 0.6) is 0 Å². The molecule has 124 valence electrons. The van der Waals surface area contributed by atoms with Crippen molar-refractivity contribution in [2.75, 3.05) is 12.3 Å². The van der Waals surface area contributed by atoms with Gasteiger partial charge in [0, 0.05) is 17.7 Å². The van der Waals surface area contributed by atoms with E-state index in [2.05, 4.69) is 5.10 Å².